The number of benzene rings is 1. The number of aromatic nitrogens is 1. The Labute approximate surface area is 170 Å². The van der Waals surface area contributed by atoms with Gasteiger partial charge >= 0.3 is 5.97 Å². The maximum absolute atomic E-state index is 13.1. The number of hydrogen-bond donors (Lipinski definition) is 2. The summed E-state index contributed by atoms with van der Waals surface area (Å²) in [5.41, 5.74) is 4.42. The number of fused-ring (bicyclic) bond motifs is 3. The summed E-state index contributed by atoms with van der Waals surface area (Å²) < 4.78 is 0. The molecule has 3 heterocycles. The van der Waals surface area contributed by atoms with Gasteiger partial charge in [0.2, 0.25) is 0 Å². The van der Waals surface area contributed by atoms with Crippen molar-refractivity contribution in [3.8, 4) is 0 Å². The number of nitrogens with one attached hydrogen (secondary N) is 1. The highest BCUT2D eigenvalue weighted by atomic mass is 16.4. The number of carbonyl (C=O) groups excluding carboxylic acids is 1. The molecule has 3 aliphatic rings. The Kier molecular flexibility index (Phi) is 4.82. The van der Waals surface area contributed by atoms with E-state index in [0.29, 0.717) is 31.1 Å². The van der Waals surface area contributed by atoms with E-state index >= 15 is 0 Å². The molecule has 29 heavy (non-hydrogen) atoms. The number of H-pyrrole nitrogens is 1. The van der Waals surface area contributed by atoms with Gasteiger partial charge in [0, 0.05) is 60.8 Å². The molecule has 1 amide bonds. The third kappa shape index (κ3) is 3.44. The zero-order valence-electron chi connectivity index (χ0n) is 16.8. The number of likely N-dealkylation sites (tertiary alicyclic amines) is 1. The lowest BCUT2D eigenvalue weighted by Crippen LogP contribution is -2.42. The molecular formula is C23H29N3O3. The first-order valence-electron chi connectivity index (χ1n) is 11.0. The van der Waals surface area contributed by atoms with Gasteiger partial charge in [-0.2, -0.15) is 0 Å². The van der Waals surface area contributed by atoms with E-state index in [0.717, 1.165) is 36.8 Å². The number of carbonyl (C=O) groups is 2. The van der Waals surface area contributed by atoms with Crippen LogP contribution in [0, 0.1) is 5.92 Å². The summed E-state index contributed by atoms with van der Waals surface area (Å²) in [6, 6.07) is 6.62. The molecule has 6 nitrogen and oxygen atoms in total. The smallest absolute Gasteiger partial charge is 0.308 e. The van der Waals surface area contributed by atoms with Crippen LogP contribution in [0.25, 0.3) is 10.9 Å². The summed E-state index contributed by atoms with van der Waals surface area (Å²) in [5, 5.41) is 10.5. The van der Waals surface area contributed by atoms with Gasteiger partial charge in [0.25, 0.3) is 5.91 Å². The van der Waals surface area contributed by atoms with E-state index in [1.807, 2.05) is 18.2 Å². The number of carboxylic acid groups (broad SMARTS) is 1. The lowest BCUT2D eigenvalue weighted by atomic mass is 9.97. The van der Waals surface area contributed by atoms with Crippen LogP contribution in [0.2, 0.25) is 0 Å². The molecule has 1 saturated heterocycles. The molecule has 1 atom stereocenters. The number of nitrogens with zero attached hydrogens (tertiary/aromatic N) is 2. The number of aromatic amines is 1. The standard InChI is InChI=1S/C23H29N3O3/c27-22(26-10-3-4-16(13-26)23(28)29)15-7-8-20-18(12-15)19-14-25(11-9-21(19)24-20)17-5-1-2-6-17/h7-8,12,16-17,24H,1-6,9-11,13-14H2,(H,28,29)/t16-/m1/s1. The van der Waals surface area contributed by atoms with E-state index in [1.54, 1.807) is 4.90 Å². The van der Waals surface area contributed by atoms with E-state index in [9.17, 15) is 14.7 Å². The molecule has 1 aromatic carbocycles. The maximum Gasteiger partial charge on any atom is 0.308 e. The summed E-state index contributed by atoms with van der Waals surface area (Å²) in [7, 11) is 0. The van der Waals surface area contributed by atoms with Crippen LogP contribution in [0.5, 0.6) is 0 Å². The number of amides is 1. The molecule has 1 aliphatic carbocycles. The average Bonchev–Trinajstić information content (AvgIpc) is 3.40. The van der Waals surface area contributed by atoms with Gasteiger partial charge in [-0.3, -0.25) is 14.5 Å². The molecule has 1 saturated carbocycles. The maximum atomic E-state index is 13.1. The second-order valence-electron chi connectivity index (χ2n) is 8.93. The first-order valence-corrected chi connectivity index (χ1v) is 11.0. The quantitative estimate of drug-likeness (QED) is 0.835. The van der Waals surface area contributed by atoms with Gasteiger partial charge in [0.15, 0.2) is 0 Å². The molecule has 1 aromatic heterocycles. The van der Waals surface area contributed by atoms with E-state index < -0.39 is 11.9 Å². The fourth-order valence-electron chi connectivity index (χ4n) is 5.49. The highest BCUT2D eigenvalue weighted by Crippen LogP contribution is 2.33. The lowest BCUT2D eigenvalue weighted by Gasteiger charge is -2.32. The highest BCUT2D eigenvalue weighted by molar-refractivity contribution is 5.99. The Bertz CT molecular complexity index is 944. The monoisotopic (exact) mass is 395 g/mol. The largest absolute Gasteiger partial charge is 0.481 e. The number of rotatable bonds is 3. The first-order chi connectivity index (χ1) is 14.1. The van der Waals surface area contributed by atoms with Gasteiger partial charge in [-0.05, 0) is 49.4 Å². The van der Waals surface area contributed by atoms with E-state index in [4.69, 9.17) is 0 Å². The minimum absolute atomic E-state index is 0.0451. The van der Waals surface area contributed by atoms with Gasteiger partial charge in [-0.25, -0.2) is 0 Å². The van der Waals surface area contributed by atoms with Crippen molar-refractivity contribution in [3.05, 3.63) is 35.0 Å². The van der Waals surface area contributed by atoms with Crippen molar-refractivity contribution in [2.45, 2.75) is 57.5 Å². The van der Waals surface area contributed by atoms with Crippen molar-refractivity contribution < 1.29 is 14.7 Å². The Morgan fingerprint density at radius 1 is 1.07 bits per heavy atom. The Morgan fingerprint density at radius 2 is 1.90 bits per heavy atom. The van der Waals surface area contributed by atoms with Crippen molar-refractivity contribution >= 4 is 22.8 Å². The molecule has 2 aromatic rings. The van der Waals surface area contributed by atoms with Crippen molar-refractivity contribution in [3.63, 3.8) is 0 Å². The molecule has 154 valence electrons. The summed E-state index contributed by atoms with van der Waals surface area (Å²) >= 11 is 0. The minimum Gasteiger partial charge on any atom is -0.481 e. The molecule has 2 N–H and O–H groups in total. The van der Waals surface area contributed by atoms with Gasteiger partial charge < -0.3 is 15.0 Å². The minimum atomic E-state index is -0.801. The number of carboxylic acids is 1. The zero-order valence-corrected chi connectivity index (χ0v) is 16.8. The number of hydrogen-bond acceptors (Lipinski definition) is 3. The normalized spacial score (nSPS) is 23.4. The van der Waals surface area contributed by atoms with Crippen LogP contribution in [-0.4, -0.2) is 57.4 Å². The molecule has 0 spiro atoms. The fourth-order valence-corrected chi connectivity index (χ4v) is 5.49. The van der Waals surface area contributed by atoms with E-state index in [2.05, 4.69) is 9.88 Å². The van der Waals surface area contributed by atoms with Crippen molar-refractivity contribution in [2.24, 2.45) is 5.92 Å². The molecule has 0 bridgehead atoms. The molecule has 5 rings (SSSR count). The van der Waals surface area contributed by atoms with Gasteiger partial charge in [-0.1, -0.05) is 12.8 Å². The van der Waals surface area contributed by atoms with Crippen molar-refractivity contribution in [1.29, 1.82) is 0 Å². The summed E-state index contributed by atoms with van der Waals surface area (Å²) in [4.78, 5) is 32.3. The van der Waals surface area contributed by atoms with E-state index in [1.165, 1.54) is 36.9 Å². The number of aliphatic carboxylic acids is 1. The first kappa shape index (κ1) is 18.7. The molecule has 0 radical (unpaired) electrons. The average molecular weight is 396 g/mol. The summed E-state index contributed by atoms with van der Waals surface area (Å²) in [6.45, 7) is 3.03. The van der Waals surface area contributed by atoms with Crippen LogP contribution >= 0.6 is 0 Å². The fraction of sp³-hybridized carbons (Fsp3) is 0.565. The van der Waals surface area contributed by atoms with Crippen LogP contribution in [0.3, 0.4) is 0 Å². The van der Waals surface area contributed by atoms with Crippen LogP contribution < -0.4 is 0 Å². The SMILES string of the molecule is O=C(O)[C@@H]1CCCN(C(=O)c2ccc3[nH]c4c(c3c2)CN(C2CCCC2)CC4)C1. The summed E-state index contributed by atoms with van der Waals surface area (Å²) in [6.07, 6.45) is 7.74. The predicted molar refractivity (Wildman–Crippen MR) is 111 cm³/mol. The van der Waals surface area contributed by atoms with Crippen LogP contribution in [-0.2, 0) is 17.8 Å². The topological polar surface area (TPSA) is 76.6 Å². The van der Waals surface area contributed by atoms with Gasteiger partial charge in [-0.15, -0.1) is 0 Å². The Morgan fingerprint density at radius 3 is 2.69 bits per heavy atom. The van der Waals surface area contributed by atoms with Gasteiger partial charge in [0.05, 0.1) is 5.92 Å². The van der Waals surface area contributed by atoms with Crippen LogP contribution in [0.15, 0.2) is 18.2 Å². The second kappa shape index (κ2) is 7.48. The molecule has 2 fully saturated rings. The molecule has 2 aliphatic heterocycles. The second-order valence-corrected chi connectivity index (χ2v) is 8.93. The zero-order chi connectivity index (χ0) is 20.0. The highest BCUT2D eigenvalue weighted by Gasteiger charge is 2.30. The van der Waals surface area contributed by atoms with E-state index in [-0.39, 0.29) is 5.91 Å². The van der Waals surface area contributed by atoms with Crippen LogP contribution in [0.1, 0.15) is 60.1 Å². The third-order valence-corrected chi connectivity index (χ3v) is 7.15. The summed E-state index contributed by atoms with van der Waals surface area (Å²) in [5.74, 6) is -1.29. The molecular weight excluding hydrogens is 366 g/mol. The predicted octanol–water partition coefficient (Wildman–Crippen LogP) is 3.41. The molecule has 6 heteroatoms. The van der Waals surface area contributed by atoms with Crippen molar-refractivity contribution in [2.75, 3.05) is 19.6 Å². The Balaban J connectivity index is 1.41. The Hall–Kier alpha value is -2.34. The van der Waals surface area contributed by atoms with Crippen molar-refractivity contribution in [1.82, 2.24) is 14.8 Å². The van der Waals surface area contributed by atoms with Crippen LogP contribution in [0.4, 0.5) is 0 Å². The third-order valence-electron chi connectivity index (χ3n) is 7.15. The van der Waals surface area contributed by atoms with Gasteiger partial charge in [0.1, 0.15) is 0 Å². The lowest BCUT2D eigenvalue weighted by molar-refractivity contribution is -0.143. The number of piperidine rings is 1. The molecule has 0 unspecified atom stereocenters.